The van der Waals surface area contributed by atoms with E-state index < -0.39 is 0 Å². The molecule has 0 spiro atoms. The molecule has 0 radical (unpaired) electrons. The Morgan fingerprint density at radius 2 is 2.00 bits per heavy atom. The van der Waals surface area contributed by atoms with Crippen LogP contribution in [-0.4, -0.2) is 15.9 Å². The van der Waals surface area contributed by atoms with Gasteiger partial charge in [0.2, 0.25) is 0 Å². The van der Waals surface area contributed by atoms with Crippen molar-refractivity contribution in [2.75, 3.05) is 0 Å². The molecule has 1 aliphatic rings. The van der Waals surface area contributed by atoms with Crippen molar-refractivity contribution in [1.29, 1.82) is 0 Å². The zero-order valence-corrected chi connectivity index (χ0v) is 13.9. The van der Waals surface area contributed by atoms with Crippen molar-refractivity contribution in [2.24, 2.45) is 0 Å². The molecule has 122 valence electrons. The monoisotopic (exact) mass is 339 g/mol. The van der Waals surface area contributed by atoms with E-state index in [1.54, 1.807) is 6.33 Å². The highest BCUT2D eigenvalue weighted by Crippen LogP contribution is 2.39. The van der Waals surface area contributed by atoms with Gasteiger partial charge in [0.15, 0.2) is 0 Å². The highest BCUT2D eigenvalue weighted by Gasteiger charge is 2.37. The van der Waals surface area contributed by atoms with E-state index in [2.05, 4.69) is 21.4 Å². The standard InChI is InChI=1S/C19H18ClN3O/c20-15-5-3-4-14(11-15)19(8-1-2-9-19)23-18(24)13-6-7-16-17(10-13)22-12-21-16/h3-7,10-12H,1-2,8-9H2,(H,21,22)(H,23,24). The first-order valence-corrected chi connectivity index (χ1v) is 8.56. The molecule has 1 fully saturated rings. The number of imidazole rings is 1. The number of fused-ring (bicyclic) bond motifs is 1. The number of nitrogens with zero attached hydrogens (tertiary/aromatic N) is 1. The number of aromatic amines is 1. The van der Waals surface area contributed by atoms with Gasteiger partial charge in [-0.3, -0.25) is 4.79 Å². The Bertz CT molecular complexity index is 896. The molecule has 0 bridgehead atoms. The highest BCUT2D eigenvalue weighted by atomic mass is 35.5. The molecule has 0 aliphatic heterocycles. The number of amides is 1. The lowest BCUT2D eigenvalue weighted by atomic mass is 9.87. The molecule has 4 nitrogen and oxygen atoms in total. The lowest BCUT2D eigenvalue weighted by Gasteiger charge is -2.31. The topological polar surface area (TPSA) is 57.8 Å². The number of H-pyrrole nitrogens is 1. The number of aromatic nitrogens is 2. The van der Waals surface area contributed by atoms with Crippen LogP contribution >= 0.6 is 11.6 Å². The minimum absolute atomic E-state index is 0.0617. The Labute approximate surface area is 145 Å². The maximum absolute atomic E-state index is 12.9. The summed E-state index contributed by atoms with van der Waals surface area (Å²) in [5.41, 5.74) is 3.12. The number of carbonyl (C=O) groups excluding carboxylic acids is 1. The second-order valence-corrected chi connectivity index (χ2v) is 6.82. The molecule has 1 saturated carbocycles. The van der Waals surface area contributed by atoms with E-state index in [4.69, 9.17) is 11.6 Å². The van der Waals surface area contributed by atoms with Crippen molar-refractivity contribution in [1.82, 2.24) is 15.3 Å². The van der Waals surface area contributed by atoms with Crippen molar-refractivity contribution in [3.8, 4) is 0 Å². The second kappa shape index (κ2) is 5.95. The molecule has 1 amide bonds. The molecule has 3 aromatic rings. The van der Waals surface area contributed by atoms with Crippen molar-refractivity contribution < 1.29 is 4.79 Å². The largest absolute Gasteiger partial charge is 0.345 e. The van der Waals surface area contributed by atoms with Crippen LogP contribution in [0.2, 0.25) is 5.02 Å². The fraction of sp³-hybridized carbons (Fsp3) is 0.263. The molecule has 1 aromatic heterocycles. The van der Waals surface area contributed by atoms with Gasteiger partial charge in [0.1, 0.15) is 0 Å². The minimum Gasteiger partial charge on any atom is -0.345 e. The van der Waals surface area contributed by atoms with Crippen molar-refractivity contribution in [3.63, 3.8) is 0 Å². The van der Waals surface area contributed by atoms with Crippen LogP contribution in [0.4, 0.5) is 0 Å². The Kier molecular flexibility index (Phi) is 3.77. The summed E-state index contributed by atoms with van der Waals surface area (Å²) >= 11 is 6.17. The summed E-state index contributed by atoms with van der Waals surface area (Å²) < 4.78 is 0. The van der Waals surface area contributed by atoms with Gasteiger partial charge >= 0.3 is 0 Å². The van der Waals surface area contributed by atoms with Crippen LogP contribution in [-0.2, 0) is 5.54 Å². The zero-order valence-electron chi connectivity index (χ0n) is 13.2. The highest BCUT2D eigenvalue weighted by molar-refractivity contribution is 6.30. The average Bonchev–Trinajstić information content (AvgIpc) is 3.23. The van der Waals surface area contributed by atoms with E-state index in [1.165, 1.54) is 0 Å². The summed E-state index contributed by atoms with van der Waals surface area (Å²) in [5.74, 6) is -0.0617. The Hall–Kier alpha value is -2.33. The maximum atomic E-state index is 12.9. The van der Waals surface area contributed by atoms with Crippen LogP contribution in [0.1, 0.15) is 41.6 Å². The van der Waals surface area contributed by atoms with E-state index in [-0.39, 0.29) is 11.4 Å². The molecule has 2 N–H and O–H groups in total. The zero-order chi connectivity index (χ0) is 16.6. The van der Waals surface area contributed by atoms with Crippen LogP contribution in [0.25, 0.3) is 11.0 Å². The van der Waals surface area contributed by atoms with E-state index in [9.17, 15) is 4.79 Å². The van der Waals surface area contributed by atoms with Gasteiger partial charge in [-0.25, -0.2) is 4.98 Å². The lowest BCUT2D eigenvalue weighted by Crippen LogP contribution is -2.43. The van der Waals surface area contributed by atoms with E-state index in [1.807, 2.05) is 36.4 Å². The number of nitrogens with one attached hydrogen (secondary N) is 2. The van der Waals surface area contributed by atoms with E-state index >= 15 is 0 Å². The number of hydrogen-bond donors (Lipinski definition) is 2. The van der Waals surface area contributed by atoms with Gasteiger partial charge < -0.3 is 10.3 Å². The normalized spacial score (nSPS) is 16.4. The fourth-order valence-corrected chi connectivity index (χ4v) is 3.81. The third-order valence-electron chi connectivity index (χ3n) is 4.87. The van der Waals surface area contributed by atoms with Crippen LogP contribution in [0.3, 0.4) is 0 Å². The number of halogens is 1. The van der Waals surface area contributed by atoms with E-state index in [0.717, 1.165) is 42.3 Å². The molecule has 0 saturated heterocycles. The van der Waals surface area contributed by atoms with E-state index in [0.29, 0.717) is 10.6 Å². The van der Waals surface area contributed by atoms with Gasteiger partial charge in [-0.2, -0.15) is 0 Å². The molecule has 4 rings (SSSR count). The molecule has 0 atom stereocenters. The fourth-order valence-electron chi connectivity index (χ4n) is 3.62. The summed E-state index contributed by atoms with van der Waals surface area (Å²) in [6.07, 6.45) is 5.71. The third kappa shape index (κ3) is 2.67. The predicted molar refractivity (Wildman–Crippen MR) is 95.2 cm³/mol. The predicted octanol–water partition coefficient (Wildman–Crippen LogP) is 4.42. The summed E-state index contributed by atoms with van der Waals surface area (Å²) in [6, 6.07) is 13.3. The first kappa shape index (κ1) is 15.2. The maximum Gasteiger partial charge on any atom is 0.252 e. The Morgan fingerprint density at radius 1 is 1.17 bits per heavy atom. The third-order valence-corrected chi connectivity index (χ3v) is 5.10. The van der Waals surface area contributed by atoms with Gasteiger partial charge in [-0.1, -0.05) is 36.6 Å². The molecule has 1 aliphatic carbocycles. The van der Waals surface area contributed by atoms with Crippen molar-refractivity contribution >= 4 is 28.5 Å². The second-order valence-electron chi connectivity index (χ2n) is 6.39. The summed E-state index contributed by atoms with van der Waals surface area (Å²) in [4.78, 5) is 20.1. The number of benzene rings is 2. The molecule has 24 heavy (non-hydrogen) atoms. The first-order valence-electron chi connectivity index (χ1n) is 8.18. The summed E-state index contributed by atoms with van der Waals surface area (Å²) in [6.45, 7) is 0. The summed E-state index contributed by atoms with van der Waals surface area (Å²) in [5, 5.41) is 3.98. The first-order chi connectivity index (χ1) is 11.7. The molecule has 1 heterocycles. The quantitative estimate of drug-likeness (QED) is 0.742. The average molecular weight is 340 g/mol. The molecule has 2 aromatic carbocycles. The van der Waals surface area contributed by atoms with Crippen LogP contribution in [0.15, 0.2) is 48.8 Å². The Morgan fingerprint density at radius 3 is 2.79 bits per heavy atom. The van der Waals surface area contributed by atoms with Crippen LogP contribution < -0.4 is 5.32 Å². The summed E-state index contributed by atoms with van der Waals surface area (Å²) in [7, 11) is 0. The number of hydrogen-bond acceptors (Lipinski definition) is 2. The lowest BCUT2D eigenvalue weighted by molar-refractivity contribution is 0.0898. The SMILES string of the molecule is O=C(NC1(c2cccc(Cl)c2)CCCC1)c1ccc2nc[nH]c2c1. The van der Waals surface area contributed by atoms with Crippen molar-refractivity contribution in [2.45, 2.75) is 31.2 Å². The molecular formula is C19H18ClN3O. The van der Waals surface area contributed by atoms with Gasteiger partial charge in [0.25, 0.3) is 5.91 Å². The number of rotatable bonds is 3. The number of carbonyl (C=O) groups is 1. The minimum atomic E-state index is -0.328. The van der Waals surface area contributed by atoms with Crippen molar-refractivity contribution in [3.05, 3.63) is 64.9 Å². The van der Waals surface area contributed by atoms with Gasteiger partial charge in [-0.15, -0.1) is 0 Å². The molecular weight excluding hydrogens is 322 g/mol. The van der Waals surface area contributed by atoms with Gasteiger partial charge in [0.05, 0.1) is 22.9 Å². The Balaban J connectivity index is 1.66. The van der Waals surface area contributed by atoms with Gasteiger partial charge in [-0.05, 0) is 48.7 Å². The van der Waals surface area contributed by atoms with Gasteiger partial charge in [0, 0.05) is 10.6 Å². The smallest absolute Gasteiger partial charge is 0.252 e. The van der Waals surface area contributed by atoms with Crippen LogP contribution in [0, 0.1) is 0 Å². The molecule has 5 heteroatoms. The molecule has 0 unspecified atom stereocenters. The van der Waals surface area contributed by atoms with Crippen LogP contribution in [0.5, 0.6) is 0 Å².